The summed E-state index contributed by atoms with van der Waals surface area (Å²) in [6.45, 7) is 8.47. The normalized spacial score (nSPS) is 17.1. The number of benzene rings is 1. The summed E-state index contributed by atoms with van der Waals surface area (Å²) in [6.07, 6.45) is 0.538. The first kappa shape index (κ1) is 14.8. The number of hydrogen-bond donors (Lipinski definition) is 2. The minimum Gasteiger partial charge on any atom is -0.399 e. The van der Waals surface area contributed by atoms with Crippen molar-refractivity contribution in [3.63, 3.8) is 0 Å². The van der Waals surface area contributed by atoms with Gasteiger partial charge in [-0.2, -0.15) is 0 Å². The zero-order valence-electron chi connectivity index (χ0n) is 12.1. The van der Waals surface area contributed by atoms with Crippen molar-refractivity contribution in [2.75, 3.05) is 50.3 Å². The fourth-order valence-electron chi connectivity index (χ4n) is 2.38. The summed E-state index contributed by atoms with van der Waals surface area (Å²) in [5.74, 6) is 0.0627. The van der Waals surface area contributed by atoms with E-state index in [4.69, 9.17) is 5.73 Å². The molecule has 1 amide bonds. The van der Waals surface area contributed by atoms with E-state index in [0.29, 0.717) is 12.1 Å². The molecule has 5 heteroatoms. The highest BCUT2D eigenvalue weighted by atomic mass is 16.1. The molecule has 5 nitrogen and oxygen atoms in total. The average molecular weight is 276 g/mol. The van der Waals surface area contributed by atoms with Crippen LogP contribution in [-0.2, 0) is 4.79 Å². The lowest BCUT2D eigenvalue weighted by Crippen LogP contribution is -2.46. The summed E-state index contributed by atoms with van der Waals surface area (Å²) >= 11 is 0. The third-order valence-corrected chi connectivity index (χ3v) is 3.76. The smallest absolute Gasteiger partial charge is 0.225 e. The molecule has 1 aromatic rings. The molecule has 2 rings (SSSR count). The Kier molecular flexibility index (Phi) is 5.38. The topological polar surface area (TPSA) is 61.6 Å². The van der Waals surface area contributed by atoms with Gasteiger partial charge in [0.05, 0.1) is 0 Å². The molecule has 1 heterocycles. The number of nitrogens with zero attached hydrogens (tertiary/aromatic N) is 2. The maximum Gasteiger partial charge on any atom is 0.225 e. The number of anilines is 2. The van der Waals surface area contributed by atoms with Crippen LogP contribution in [0.25, 0.3) is 0 Å². The van der Waals surface area contributed by atoms with Crippen LogP contribution in [0.3, 0.4) is 0 Å². The van der Waals surface area contributed by atoms with Crippen LogP contribution in [0.5, 0.6) is 0 Å². The van der Waals surface area contributed by atoms with Gasteiger partial charge in [0, 0.05) is 50.5 Å². The van der Waals surface area contributed by atoms with Crippen LogP contribution >= 0.6 is 0 Å². The van der Waals surface area contributed by atoms with Gasteiger partial charge in [0.15, 0.2) is 0 Å². The number of piperazine rings is 1. The fraction of sp³-hybridized carbons (Fsp3) is 0.533. The van der Waals surface area contributed by atoms with E-state index in [1.165, 1.54) is 0 Å². The number of rotatable bonds is 5. The summed E-state index contributed by atoms with van der Waals surface area (Å²) in [4.78, 5) is 16.7. The van der Waals surface area contributed by atoms with Crippen LogP contribution in [0.1, 0.15) is 13.3 Å². The molecule has 1 saturated heterocycles. The molecule has 110 valence electrons. The van der Waals surface area contributed by atoms with Crippen LogP contribution in [0.4, 0.5) is 11.4 Å². The Labute approximate surface area is 120 Å². The maximum atomic E-state index is 11.9. The van der Waals surface area contributed by atoms with Gasteiger partial charge in [-0.25, -0.2) is 0 Å². The van der Waals surface area contributed by atoms with Crippen LogP contribution < -0.4 is 11.1 Å². The molecule has 1 fully saturated rings. The van der Waals surface area contributed by atoms with Gasteiger partial charge in [-0.3, -0.25) is 4.79 Å². The molecule has 0 unspecified atom stereocenters. The number of carbonyl (C=O) groups excluding carboxylic acids is 1. The molecule has 3 N–H and O–H groups in total. The van der Waals surface area contributed by atoms with Crippen molar-refractivity contribution in [3.05, 3.63) is 24.3 Å². The lowest BCUT2D eigenvalue weighted by Gasteiger charge is -2.33. The van der Waals surface area contributed by atoms with Gasteiger partial charge in [0.1, 0.15) is 0 Å². The molecule has 0 aliphatic carbocycles. The molecule has 0 radical (unpaired) electrons. The Bertz CT molecular complexity index is 424. The molecular formula is C15H24N4O. The minimum absolute atomic E-state index is 0.0627. The second-order valence-corrected chi connectivity index (χ2v) is 5.20. The quantitative estimate of drug-likeness (QED) is 0.794. The second-order valence-electron chi connectivity index (χ2n) is 5.20. The lowest BCUT2D eigenvalue weighted by molar-refractivity contribution is -0.116. The van der Waals surface area contributed by atoms with Gasteiger partial charge in [0.2, 0.25) is 5.91 Å². The largest absolute Gasteiger partial charge is 0.399 e. The van der Waals surface area contributed by atoms with Crippen molar-refractivity contribution in [3.8, 4) is 0 Å². The third-order valence-electron chi connectivity index (χ3n) is 3.76. The van der Waals surface area contributed by atoms with E-state index >= 15 is 0 Å². The van der Waals surface area contributed by atoms with E-state index < -0.39 is 0 Å². The van der Waals surface area contributed by atoms with Crippen molar-refractivity contribution >= 4 is 17.3 Å². The van der Waals surface area contributed by atoms with Gasteiger partial charge < -0.3 is 20.9 Å². The number of nitrogen functional groups attached to an aromatic ring is 1. The molecule has 1 aliphatic heterocycles. The first-order chi connectivity index (χ1) is 9.67. The fourth-order valence-corrected chi connectivity index (χ4v) is 2.38. The van der Waals surface area contributed by atoms with Crippen molar-refractivity contribution < 1.29 is 4.79 Å². The molecule has 0 bridgehead atoms. The third kappa shape index (κ3) is 4.51. The molecule has 0 atom stereocenters. The molecular weight excluding hydrogens is 252 g/mol. The summed E-state index contributed by atoms with van der Waals surface area (Å²) in [5, 5.41) is 2.90. The van der Waals surface area contributed by atoms with Gasteiger partial charge in [-0.1, -0.05) is 6.92 Å². The van der Waals surface area contributed by atoms with E-state index in [1.54, 1.807) is 12.1 Å². The van der Waals surface area contributed by atoms with E-state index in [-0.39, 0.29) is 5.91 Å². The molecule has 1 aliphatic rings. The van der Waals surface area contributed by atoms with Gasteiger partial charge >= 0.3 is 0 Å². The molecule has 1 aromatic carbocycles. The average Bonchev–Trinajstić information content (AvgIpc) is 2.48. The summed E-state index contributed by atoms with van der Waals surface area (Å²) in [6, 6.07) is 7.24. The number of hydrogen-bond acceptors (Lipinski definition) is 4. The Morgan fingerprint density at radius 3 is 2.35 bits per heavy atom. The van der Waals surface area contributed by atoms with E-state index in [1.807, 2.05) is 12.1 Å². The number of nitrogens with one attached hydrogen (secondary N) is 1. The number of carbonyl (C=O) groups is 1. The zero-order chi connectivity index (χ0) is 14.4. The highest BCUT2D eigenvalue weighted by molar-refractivity contribution is 5.90. The number of amides is 1. The van der Waals surface area contributed by atoms with E-state index in [9.17, 15) is 4.79 Å². The summed E-state index contributed by atoms with van der Waals surface area (Å²) < 4.78 is 0. The molecule has 0 aromatic heterocycles. The molecule has 0 spiro atoms. The predicted octanol–water partition coefficient (Wildman–Crippen LogP) is 1.23. The molecule has 20 heavy (non-hydrogen) atoms. The molecule has 0 saturated carbocycles. The van der Waals surface area contributed by atoms with Crippen molar-refractivity contribution in [2.24, 2.45) is 0 Å². The number of likely N-dealkylation sites (N-methyl/N-ethyl adjacent to an activating group) is 1. The van der Waals surface area contributed by atoms with Gasteiger partial charge in [0.25, 0.3) is 0 Å². The first-order valence-corrected chi connectivity index (χ1v) is 7.27. The summed E-state index contributed by atoms with van der Waals surface area (Å²) in [5.41, 5.74) is 7.12. The Morgan fingerprint density at radius 1 is 1.15 bits per heavy atom. The Morgan fingerprint density at radius 2 is 1.75 bits per heavy atom. The van der Waals surface area contributed by atoms with Crippen LogP contribution in [0.2, 0.25) is 0 Å². The van der Waals surface area contributed by atoms with Crippen molar-refractivity contribution in [2.45, 2.75) is 13.3 Å². The van der Waals surface area contributed by atoms with Crippen molar-refractivity contribution in [1.82, 2.24) is 9.80 Å². The first-order valence-electron chi connectivity index (χ1n) is 7.27. The highest BCUT2D eigenvalue weighted by Gasteiger charge is 2.15. The lowest BCUT2D eigenvalue weighted by atomic mass is 10.2. The Balaban J connectivity index is 1.69. The SMILES string of the molecule is CCN1CCN(CCC(=O)Nc2ccc(N)cc2)CC1. The zero-order valence-corrected chi connectivity index (χ0v) is 12.1. The number of nitrogens with two attached hydrogens (primary N) is 1. The monoisotopic (exact) mass is 276 g/mol. The van der Waals surface area contributed by atoms with Crippen LogP contribution in [0, 0.1) is 0 Å². The van der Waals surface area contributed by atoms with E-state index in [2.05, 4.69) is 22.0 Å². The van der Waals surface area contributed by atoms with Crippen LogP contribution in [-0.4, -0.2) is 55.0 Å². The summed E-state index contributed by atoms with van der Waals surface area (Å²) in [7, 11) is 0. The predicted molar refractivity (Wildman–Crippen MR) is 82.7 cm³/mol. The highest BCUT2D eigenvalue weighted by Crippen LogP contribution is 2.11. The standard InChI is InChI=1S/C15H24N4O/c1-2-18-9-11-19(12-10-18)8-7-15(20)17-14-5-3-13(16)4-6-14/h3-6H,2,7-12,16H2,1H3,(H,17,20). The van der Waals surface area contributed by atoms with Gasteiger partial charge in [-0.05, 0) is 30.8 Å². The second kappa shape index (κ2) is 7.26. The Hall–Kier alpha value is -1.59. The minimum atomic E-state index is 0.0627. The van der Waals surface area contributed by atoms with Crippen molar-refractivity contribution in [1.29, 1.82) is 0 Å². The van der Waals surface area contributed by atoms with E-state index in [0.717, 1.165) is 45.0 Å². The van der Waals surface area contributed by atoms with Crippen LogP contribution in [0.15, 0.2) is 24.3 Å². The maximum absolute atomic E-state index is 11.9. The van der Waals surface area contributed by atoms with Gasteiger partial charge in [-0.15, -0.1) is 0 Å².